The second kappa shape index (κ2) is 3.60. The predicted molar refractivity (Wildman–Crippen MR) is 52.4 cm³/mol. The van der Waals surface area contributed by atoms with Crippen LogP contribution in [0, 0.1) is 17.3 Å². The zero-order valence-corrected chi connectivity index (χ0v) is 8.99. The van der Waals surface area contributed by atoms with E-state index in [0.29, 0.717) is 10.8 Å². The van der Waals surface area contributed by atoms with E-state index < -0.39 is 0 Å². The first-order chi connectivity index (χ1) is 4.71. The van der Waals surface area contributed by atoms with E-state index in [1.807, 2.05) is 0 Å². The van der Waals surface area contributed by atoms with Gasteiger partial charge in [0, 0.05) is 0 Å². The molecule has 0 nitrogen and oxygen atoms in total. The molecule has 0 amide bonds. The lowest BCUT2D eigenvalue weighted by Gasteiger charge is -2.22. The molecule has 0 spiro atoms. The molecule has 0 atom stereocenters. The van der Waals surface area contributed by atoms with Crippen LogP contribution in [0.4, 0.5) is 0 Å². The standard InChI is InChI=1S/C11H23/c1-10(2,3)8-7-9-11(4,5)6/h7H,8-9H2,1-6H3. The molecule has 0 aromatic carbocycles. The van der Waals surface area contributed by atoms with Crippen molar-refractivity contribution < 1.29 is 0 Å². The molecule has 1 radical (unpaired) electrons. The normalized spacial score (nSPS) is 13.6. The molecule has 0 aliphatic carbocycles. The molecule has 0 bridgehead atoms. The molecule has 0 aromatic rings. The average Bonchev–Trinajstić information content (AvgIpc) is 1.55. The Hall–Kier alpha value is 0. The van der Waals surface area contributed by atoms with Crippen LogP contribution < -0.4 is 0 Å². The Morgan fingerprint density at radius 1 is 0.727 bits per heavy atom. The molecule has 0 saturated heterocycles. The van der Waals surface area contributed by atoms with E-state index >= 15 is 0 Å². The molecule has 0 saturated carbocycles. The van der Waals surface area contributed by atoms with Crippen LogP contribution in [0.5, 0.6) is 0 Å². The van der Waals surface area contributed by atoms with E-state index in [4.69, 9.17) is 0 Å². The third-order valence-corrected chi connectivity index (χ3v) is 1.51. The largest absolute Gasteiger partial charge is 0.0602 e. The van der Waals surface area contributed by atoms with E-state index in [0.717, 1.165) is 0 Å². The van der Waals surface area contributed by atoms with Crippen molar-refractivity contribution in [3.05, 3.63) is 6.42 Å². The van der Waals surface area contributed by atoms with Crippen molar-refractivity contribution in [2.24, 2.45) is 10.8 Å². The summed E-state index contributed by atoms with van der Waals surface area (Å²) < 4.78 is 0. The van der Waals surface area contributed by atoms with E-state index in [-0.39, 0.29) is 0 Å². The SMILES string of the molecule is CC(C)(C)C[CH]CC(C)(C)C. The van der Waals surface area contributed by atoms with Crippen LogP contribution in [0.25, 0.3) is 0 Å². The monoisotopic (exact) mass is 155 g/mol. The van der Waals surface area contributed by atoms with Crippen LogP contribution in [0.1, 0.15) is 54.4 Å². The second-order valence-corrected chi connectivity index (χ2v) is 5.82. The van der Waals surface area contributed by atoms with Gasteiger partial charge in [0.15, 0.2) is 0 Å². The van der Waals surface area contributed by atoms with Gasteiger partial charge in [-0.05, 0) is 30.1 Å². The molecule has 0 heteroatoms. The molecule has 0 N–H and O–H groups in total. The lowest BCUT2D eigenvalue weighted by Crippen LogP contribution is -2.09. The first-order valence-electron chi connectivity index (χ1n) is 4.52. The Bertz CT molecular complexity index is 84.2. The highest BCUT2D eigenvalue weighted by Crippen LogP contribution is 2.26. The Labute approximate surface area is 72.4 Å². The van der Waals surface area contributed by atoms with Crippen molar-refractivity contribution in [3.8, 4) is 0 Å². The minimum absolute atomic E-state index is 0.464. The van der Waals surface area contributed by atoms with Gasteiger partial charge in [-0.25, -0.2) is 0 Å². The van der Waals surface area contributed by atoms with Gasteiger partial charge in [-0.1, -0.05) is 41.5 Å². The third kappa shape index (κ3) is 10.0. The fourth-order valence-corrected chi connectivity index (χ4v) is 0.938. The topological polar surface area (TPSA) is 0 Å². The summed E-state index contributed by atoms with van der Waals surface area (Å²) >= 11 is 0. The summed E-state index contributed by atoms with van der Waals surface area (Å²) in [6.45, 7) is 13.7. The highest BCUT2D eigenvalue weighted by molar-refractivity contribution is 4.78. The van der Waals surface area contributed by atoms with Gasteiger partial charge in [0.05, 0.1) is 0 Å². The fourth-order valence-electron chi connectivity index (χ4n) is 0.938. The smallest absolute Gasteiger partial charge is 0.0376 e. The van der Waals surface area contributed by atoms with Crippen molar-refractivity contribution in [3.63, 3.8) is 0 Å². The Kier molecular flexibility index (Phi) is 3.60. The molecule has 0 rings (SSSR count). The summed E-state index contributed by atoms with van der Waals surface area (Å²) in [7, 11) is 0. The van der Waals surface area contributed by atoms with Crippen LogP contribution in [0.15, 0.2) is 0 Å². The van der Waals surface area contributed by atoms with E-state index in [9.17, 15) is 0 Å². The molecule has 0 fully saturated rings. The summed E-state index contributed by atoms with van der Waals surface area (Å²) in [5.74, 6) is 0. The molecule has 0 aliphatic rings. The van der Waals surface area contributed by atoms with E-state index in [2.05, 4.69) is 48.0 Å². The van der Waals surface area contributed by atoms with Crippen molar-refractivity contribution in [2.45, 2.75) is 54.4 Å². The van der Waals surface area contributed by atoms with Crippen LogP contribution >= 0.6 is 0 Å². The van der Waals surface area contributed by atoms with Gasteiger partial charge in [-0.3, -0.25) is 0 Å². The summed E-state index contributed by atoms with van der Waals surface area (Å²) in [6, 6.07) is 0. The van der Waals surface area contributed by atoms with Crippen molar-refractivity contribution in [1.82, 2.24) is 0 Å². The van der Waals surface area contributed by atoms with Gasteiger partial charge in [-0.15, -0.1) is 0 Å². The predicted octanol–water partition coefficient (Wildman–Crippen LogP) is 4.06. The molecule has 0 aromatic heterocycles. The van der Waals surface area contributed by atoms with E-state index in [1.54, 1.807) is 0 Å². The van der Waals surface area contributed by atoms with Gasteiger partial charge in [0.2, 0.25) is 0 Å². The Morgan fingerprint density at radius 2 is 1.00 bits per heavy atom. The summed E-state index contributed by atoms with van der Waals surface area (Å²) in [4.78, 5) is 0. The second-order valence-electron chi connectivity index (χ2n) is 5.82. The van der Waals surface area contributed by atoms with Crippen LogP contribution in [-0.4, -0.2) is 0 Å². The zero-order chi connectivity index (χ0) is 9.12. The van der Waals surface area contributed by atoms with Crippen LogP contribution in [-0.2, 0) is 0 Å². The van der Waals surface area contributed by atoms with Gasteiger partial charge in [0.25, 0.3) is 0 Å². The minimum atomic E-state index is 0.464. The highest BCUT2D eigenvalue weighted by Gasteiger charge is 2.14. The molecular weight excluding hydrogens is 132 g/mol. The average molecular weight is 155 g/mol. The van der Waals surface area contributed by atoms with Gasteiger partial charge < -0.3 is 0 Å². The molecular formula is C11H23. The van der Waals surface area contributed by atoms with Gasteiger partial charge in [-0.2, -0.15) is 0 Å². The quantitative estimate of drug-likeness (QED) is 0.564. The van der Waals surface area contributed by atoms with Crippen molar-refractivity contribution in [2.75, 3.05) is 0 Å². The summed E-state index contributed by atoms with van der Waals surface area (Å²) in [5, 5.41) is 0. The third-order valence-electron chi connectivity index (χ3n) is 1.51. The molecule has 0 heterocycles. The Balaban J connectivity index is 3.44. The van der Waals surface area contributed by atoms with Crippen molar-refractivity contribution >= 4 is 0 Å². The number of rotatable bonds is 2. The maximum Gasteiger partial charge on any atom is -0.0376 e. The van der Waals surface area contributed by atoms with Gasteiger partial charge >= 0.3 is 0 Å². The zero-order valence-electron chi connectivity index (χ0n) is 8.99. The maximum absolute atomic E-state index is 2.42. The lowest BCUT2D eigenvalue weighted by molar-refractivity contribution is 0.354. The fraction of sp³-hybridized carbons (Fsp3) is 0.909. The van der Waals surface area contributed by atoms with Crippen molar-refractivity contribution in [1.29, 1.82) is 0 Å². The lowest BCUT2D eigenvalue weighted by atomic mass is 9.84. The minimum Gasteiger partial charge on any atom is -0.0602 e. The Morgan fingerprint density at radius 3 is 1.18 bits per heavy atom. The maximum atomic E-state index is 2.42. The summed E-state index contributed by atoms with van der Waals surface area (Å²) in [6.07, 6.45) is 4.87. The first kappa shape index (κ1) is 11.0. The van der Waals surface area contributed by atoms with Gasteiger partial charge in [0.1, 0.15) is 0 Å². The molecule has 0 unspecified atom stereocenters. The molecule has 0 aliphatic heterocycles. The first-order valence-corrected chi connectivity index (χ1v) is 4.52. The van der Waals surface area contributed by atoms with E-state index in [1.165, 1.54) is 12.8 Å². The number of hydrogen-bond acceptors (Lipinski definition) is 0. The highest BCUT2D eigenvalue weighted by atomic mass is 14.2. The summed E-state index contributed by atoms with van der Waals surface area (Å²) in [5.41, 5.74) is 0.927. The molecule has 11 heavy (non-hydrogen) atoms. The van der Waals surface area contributed by atoms with Crippen LogP contribution in [0.3, 0.4) is 0 Å². The van der Waals surface area contributed by atoms with Crippen LogP contribution in [0.2, 0.25) is 0 Å². The molecule has 67 valence electrons. The number of hydrogen-bond donors (Lipinski definition) is 0.